The third kappa shape index (κ3) is 4.44. The molecule has 0 spiro atoms. The predicted octanol–water partition coefficient (Wildman–Crippen LogP) is 4.97. The molecule has 9 heteroatoms. The van der Waals surface area contributed by atoms with Crippen molar-refractivity contribution < 1.29 is 4.42 Å². The highest BCUT2D eigenvalue weighted by Crippen LogP contribution is 2.28. The first kappa shape index (κ1) is 22.0. The van der Waals surface area contributed by atoms with Crippen LogP contribution in [0.25, 0.3) is 28.0 Å². The number of nitrogens with zero attached hydrogens (tertiary/aromatic N) is 6. The quantitative estimate of drug-likeness (QED) is 0.291. The third-order valence-electron chi connectivity index (χ3n) is 5.72. The van der Waals surface area contributed by atoms with Gasteiger partial charge in [0.25, 0.3) is 16.7 Å². The van der Waals surface area contributed by atoms with Gasteiger partial charge in [-0.1, -0.05) is 72.4 Å². The van der Waals surface area contributed by atoms with Gasteiger partial charge in [-0.05, 0) is 35.4 Å². The van der Waals surface area contributed by atoms with Gasteiger partial charge in [-0.25, -0.2) is 9.36 Å². The van der Waals surface area contributed by atoms with E-state index >= 15 is 0 Å². The fourth-order valence-corrected chi connectivity index (χ4v) is 4.65. The van der Waals surface area contributed by atoms with Crippen LogP contribution in [-0.2, 0) is 12.3 Å². The zero-order valence-electron chi connectivity index (χ0n) is 19.1. The van der Waals surface area contributed by atoms with Crippen LogP contribution in [0, 0.1) is 0 Å². The third-order valence-corrected chi connectivity index (χ3v) is 6.61. The summed E-state index contributed by atoms with van der Waals surface area (Å²) in [6, 6.07) is 27.1. The fraction of sp³-hybridized carbons (Fsp3) is 0.0741. The molecule has 0 aliphatic carbocycles. The minimum absolute atomic E-state index is 0.161. The lowest BCUT2D eigenvalue weighted by Crippen LogP contribution is -2.24. The Bertz CT molecular complexity index is 1680. The molecule has 0 unspecified atom stereocenters. The summed E-state index contributed by atoms with van der Waals surface area (Å²) in [7, 11) is 0. The summed E-state index contributed by atoms with van der Waals surface area (Å²) < 4.78 is 9.24. The molecule has 36 heavy (non-hydrogen) atoms. The van der Waals surface area contributed by atoms with Gasteiger partial charge in [-0.2, -0.15) is 10.2 Å². The molecule has 0 amide bonds. The van der Waals surface area contributed by atoms with Gasteiger partial charge >= 0.3 is 0 Å². The second kappa shape index (κ2) is 9.63. The van der Waals surface area contributed by atoms with Crippen molar-refractivity contribution in [1.82, 2.24) is 29.8 Å². The normalized spacial score (nSPS) is 11.2. The molecule has 3 aromatic heterocycles. The molecule has 0 bridgehead atoms. The highest BCUT2D eigenvalue weighted by molar-refractivity contribution is 7.98. The Morgan fingerprint density at radius 1 is 0.806 bits per heavy atom. The molecule has 0 N–H and O–H groups in total. The minimum atomic E-state index is -0.161. The Hall–Kier alpha value is -4.50. The summed E-state index contributed by atoms with van der Waals surface area (Å²) in [5.74, 6) is 0.951. The second-order valence-corrected chi connectivity index (χ2v) is 9.05. The predicted molar refractivity (Wildman–Crippen MR) is 138 cm³/mol. The molecule has 0 atom stereocenters. The molecule has 0 aliphatic rings. The van der Waals surface area contributed by atoms with Crippen molar-refractivity contribution in [3.8, 4) is 17.3 Å². The lowest BCUT2D eigenvalue weighted by atomic mass is 10.1. The van der Waals surface area contributed by atoms with Crippen LogP contribution < -0.4 is 5.56 Å². The average Bonchev–Trinajstić information content (AvgIpc) is 3.63. The molecule has 0 saturated carbocycles. The maximum atomic E-state index is 13.1. The first-order chi connectivity index (χ1) is 17.7. The largest absolute Gasteiger partial charge is 0.409 e. The Morgan fingerprint density at radius 2 is 1.58 bits per heavy atom. The van der Waals surface area contributed by atoms with Crippen molar-refractivity contribution in [3.05, 3.63) is 119 Å². The molecule has 0 saturated heterocycles. The highest BCUT2D eigenvalue weighted by atomic mass is 32.2. The second-order valence-electron chi connectivity index (χ2n) is 8.12. The van der Waals surface area contributed by atoms with E-state index in [0.717, 1.165) is 16.8 Å². The van der Waals surface area contributed by atoms with Crippen molar-refractivity contribution in [2.75, 3.05) is 0 Å². The number of aromatic nitrogens is 6. The van der Waals surface area contributed by atoms with Crippen LogP contribution in [0.5, 0.6) is 0 Å². The van der Waals surface area contributed by atoms with Crippen LogP contribution >= 0.6 is 11.8 Å². The molecule has 0 fully saturated rings. The molecule has 3 aromatic carbocycles. The summed E-state index contributed by atoms with van der Waals surface area (Å²) in [6.45, 7) is 0.349. The summed E-state index contributed by atoms with van der Waals surface area (Å²) in [5.41, 5.74) is 3.43. The van der Waals surface area contributed by atoms with Gasteiger partial charge in [0.05, 0.1) is 17.6 Å². The van der Waals surface area contributed by atoms with Crippen LogP contribution in [0.3, 0.4) is 0 Å². The van der Waals surface area contributed by atoms with E-state index in [2.05, 4.69) is 32.5 Å². The molecule has 3 heterocycles. The van der Waals surface area contributed by atoms with Crippen LogP contribution in [0.15, 0.2) is 112 Å². The summed E-state index contributed by atoms with van der Waals surface area (Å²) in [6.07, 6.45) is 3.66. The van der Waals surface area contributed by atoms with E-state index in [4.69, 9.17) is 4.42 Å². The summed E-state index contributed by atoms with van der Waals surface area (Å²) >= 11 is 1.45. The summed E-state index contributed by atoms with van der Waals surface area (Å²) in [4.78, 5) is 13.1. The molecular formula is C27H20N6O2S. The lowest BCUT2D eigenvalue weighted by molar-refractivity contribution is 0.462. The Labute approximate surface area is 210 Å². The lowest BCUT2D eigenvalue weighted by Gasteiger charge is -2.09. The van der Waals surface area contributed by atoms with Gasteiger partial charge in [0.2, 0.25) is 0 Å². The molecule has 6 aromatic rings. The van der Waals surface area contributed by atoms with Gasteiger partial charge in [0.15, 0.2) is 5.69 Å². The van der Waals surface area contributed by atoms with Gasteiger partial charge in [-0.3, -0.25) is 4.79 Å². The van der Waals surface area contributed by atoms with Gasteiger partial charge in [-0.15, -0.1) is 10.2 Å². The SMILES string of the molecule is O=c1c2ccccc2c(-c2nnc(SCc3ccc(-n4cccn4)cc3)o2)nn1Cc1ccccc1. The van der Waals surface area contributed by atoms with Gasteiger partial charge in [0.1, 0.15) is 0 Å². The van der Waals surface area contributed by atoms with Crippen LogP contribution in [0.4, 0.5) is 0 Å². The van der Waals surface area contributed by atoms with Crippen molar-refractivity contribution in [1.29, 1.82) is 0 Å². The fourth-order valence-electron chi connectivity index (χ4n) is 3.93. The van der Waals surface area contributed by atoms with E-state index in [1.165, 1.54) is 16.4 Å². The van der Waals surface area contributed by atoms with Crippen LogP contribution in [0.2, 0.25) is 0 Å². The van der Waals surface area contributed by atoms with E-state index in [1.807, 2.05) is 77.6 Å². The Morgan fingerprint density at radius 3 is 2.36 bits per heavy atom. The van der Waals surface area contributed by atoms with Crippen molar-refractivity contribution in [2.24, 2.45) is 0 Å². The monoisotopic (exact) mass is 492 g/mol. The number of rotatable bonds is 7. The van der Waals surface area contributed by atoms with E-state index in [-0.39, 0.29) is 11.4 Å². The number of hydrogen-bond donors (Lipinski definition) is 0. The average molecular weight is 493 g/mol. The maximum Gasteiger partial charge on any atom is 0.277 e. The number of hydrogen-bond acceptors (Lipinski definition) is 7. The van der Waals surface area contributed by atoms with E-state index in [0.29, 0.717) is 34.0 Å². The van der Waals surface area contributed by atoms with E-state index in [1.54, 1.807) is 12.3 Å². The first-order valence-electron chi connectivity index (χ1n) is 11.3. The molecule has 0 radical (unpaired) electrons. The van der Waals surface area contributed by atoms with E-state index < -0.39 is 0 Å². The first-order valence-corrected chi connectivity index (χ1v) is 12.3. The minimum Gasteiger partial charge on any atom is -0.409 e. The molecule has 0 aliphatic heterocycles. The standard InChI is InChI=1S/C27H20N6O2S/c34-26-23-10-5-4-9-22(23)24(31-33(26)17-19-7-2-1-3-8-19)25-29-30-27(35-25)36-18-20-11-13-21(14-12-20)32-16-6-15-28-32/h1-16H,17-18H2. The Balaban J connectivity index is 1.26. The van der Waals surface area contributed by atoms with Crippen molar-refractivity contribution in [2.45, 2.75) is 17.5 Å². The highest BCUT2D eigenvalue weighted by Gasteiger charge is 2.18. The van der Waals surface area contributed by atoms with E-state index in [9.17, 15) is 4.79 Å². The zero-order chi connectivity index (χ0) is 24.3. The molecule has 6 rings (SSSR count). The molecule has 8 nitrogen and oxygen atoms in total. The number of thioether (sulfide) groups is 1. The van der Waals surface area contributed by atoms with Gasteiger partial charge < -0.3 is 4.42 Å². The topological polar surface area (TPSA) is 91.6 Å². The Kier molecular flexibility index (Phi) is 5.88. The van der Waals surface area contributed by atoms with Gasteiger partial charge in [0, 0.05) is 23.5 Å². The van der Waals surface area contributed by atoms with Crippen LogP contribution in [-0.4, -0.2) is 29.8 Å². The van der Waals surface area contributed by atoms with Crippen molar-refractivity contribution >= 4 is 22.5 Å². The summed E-state index contributed by atoms with van der Waals surface area (Å²) in [5, 5.41) is 19.0. The number of benzene rings is 3. The van der Waals surface area contributed by atoms with Crippen molar-refractivity contribution in [3.63, 3.8) is 0 Å². The molecule has 176 valence electrons. The number of fused-ring (bicyclic) bond motifs is 1. The maximum absolute atomic E-state index is 13.1. The molecular weight excluding hydrogens is 472 g/mol. The van der Waals surface area contributed by atoms with Crippen LogP contribution in [0.1, 0.15) is 11.1 Å². The zero-order valence-corrected chi connectivity index (χ0v) is 19.9. The smallest absolute Gasteiger partial charge is 0.277 e.